The van der Waals surface area contributed by atoms with Crippen LogP contribution < -0.4 is 15.5 Å². The Balaban J connectivity index is 1.38. The van der Waals surface area contributed by atoms with Gasteiger partial charge in [-0.2, -0.15) is 0 Å². The molecule has 10 heteroatoms. The van der Waals surface area contributed by atoms with Crippen molar-refractivity contribution in [2.75, 3.05) is 44.4 Å². The topological polar surface area (TPSA) is 98.8 Å². The van der Waals surface area contributed by atoms with Gasteiger partial charge in [-0.3, -0.25) is 14.9 Å². The Morgan fingerprint density at radius 3 is 2.24 bits per heavy atom. The van der Waals surface area contributed by atoms with E-state index >= 15 is 0 Å². The fourth-order valence-corrected chi connectivity index (χ4v) is 6.36. The summed E-state index contributed by atoms with van der Waals surface area (Å²) in [5.41, 5.74) is 0.568. The predicted octanol–water partition coefficient (Wildman–Crippen LogP) is 2.02. The number of amides is 2. The van der Waals surface area contributed by atoms with E-state index < -0.39 is 9.84 Å². The van der Waals surface area contributed by atoms with Gasteiger partial charge in [0, 0.05) is 50.0 Å². The molecule has 1 aliphatic heterocycles. The molecule has 2 aliphatic carbocycles. The molecule has 2 N–H and O–H groups in total. The van der Waals surface area contributed by atoms with Crippen LogP contribution in [0.5, 0.6) is 0 Å². The first-order valence-corrected chi connectivity index (χ1v) is 13.9. The van der Waals surface area contributed by atoms with E-state index in [9.17, 15) is 18.0 Å². The Morgan fingerprint density at radius 1 is 1.06 bits per heavy atom. The second-order valence-corrected chi connectivity index (χ2v) is 11.9. The van der Waals surface area contributed by atoms with Crippen molar-refractivity contribution in [3.63, 3.8) is 0 Å². The van der Waals surface area contributed by atoms with E-state index in [-0.39, 0.29) is 39.2 Å². The van der Waals surface area contributed by atoms with Crippen molar-refractivity contribution in [2.45, 2.75) is 49.1 Å². The number of piperazine rings is 1. The summed E-state index contributed by atoms with van der Waals surface area (Å²) in [5, 5.41) is 6.54. The molecule has 4 rings (SSSR count). The minimum atomic E-state index is -3.38. The van der Waals surface area contributed by atoms with E-state index in [2.05, 4.69) is 15.5 Å². The van der Waals surface area contributed by atoms with Crippen molar-refractivity contribution in [3.05, 3.63) is 23.2 Å². The third kappa shape index (κ3) is 5.30. The van der Waals surface area contributed by atoms with Crippen molar-refractivity contribution in [3.8, 4) is 0 Å². The van der Waals surface area contributed by atoms with Crippen LogP contribution in [-0.4, -0.2) is 70.3 Å². The van der Waals surface area contributed by atoms with Crippen molar-refractivity contribution in [1.29, 1.82) is 0 Å². The highest BCUT2D eigenvalue weighted by Gasteiger charge is 2.46. The van der Waals surface area contributed by atoms with Crippen molar-refractivity contribution >= 4 is 38.9 Å². The standard InChI is InChI=1S/C23H33ClN4O4S/c1-25-23(9-10-23)26-21(29)17-5-3-4-6-18(17)22(30)28-13-11-27(12-14-28)16-7-8-20(19(24)15-16)33(2,31)32/h7-8,15,17-18,25H,3-6,9-14H2,1-2H3,(H,26,29)/t17-,18-/m1/s1. The molecule has 1 heterocycles. The lowest BCUT2D eigenvalue weighted by Crippen LogP contribution is -2.54. The number of carbonyl (C=O) groups excluding carboxylic acids is 2. The average molecular weight is 497 g/mol. The van der Waals surface area contributed by atoms with Gasteiger partial charge in [-0.15, -0.1) is 0 Å². The third-order valence-corrected chi connectivity index (χ3v) is 8.86. The molecular weight excluding hydrogens is 464 g/mol. The monoisotopic (exact) mass is 496 g/mol. The number of benzene rings is 1. The highest BCUT2D eigenvalue weighted by atomic mass is 35.5. The normalized spacial score (nSPS) is 24.9. The van der Waals surface area contributed by atoms with Crippen molar-refractivity contribution < 1.29 is 18.0 Å². The van der Waals surface area contributed by atoms with Crippen LogP contribution >= 0.6 is 11.6 Å². The number of halogens is 1. The van der Waals surface area contributed by atoms with Crippen LogP contribution in [0, 0.1) is 11.8 Å². The SMILES string of the molecule is CNC1(NC(=O)[C@@H]2CCCC[C@H]2C(=O)N2CCN(c3ccc(S(C)(=O)=O)c(Cl)c3)CC2)CC1. The Labute approximate surface area is 200 Å². The Morgan fingerprint density at radius 2 is 1.70 bits per heavy atom. The van der Waals surface area contributed by atoms with Crippen LogP contribution in [0.4, 0.5) is 5.69 Å². The van der Waals surface area contributed by atoms with Crippen LogP contribution in [0.15, 0.2) is 23.1 Å². The van der Waals surface area contributed by atoms with Gasteiger partial charge in [-0.1, -0.05) is 24.4 Å². The zero-order valence-corrected chi connectivity index (χ0v) is 20.8. The average Bonchev–Trinajstić information content (AvgIpc) is 3.57. The van der Waals surface area contributed by atoms with Gasteiger partial charge in [0.2, 0.25) is 11.8 Å². The predicted molar refractivity (Wildman–Crippen MR) is 128 cm³/mol. The molecule has 2 saturated carbocycles. The maximum atomic E-state index is 13.4. The first kappa shape index (κ1) is 24.3. The summed E-state index contributed by atoms with van der Waals surface area (Å²) in [5.74, 6) is -0.452. The molecule has 0 unspecified atom stereocenters. The van der Waals surface area contributed by atoms with E-state index in [1.807, 2.05) is 11.9 Å². The maximum absolute atomic E-state index is 13.4. The molecule has 1 aromatic carbocycles. The molecule has 2 amide bonds. The number of rotatable bonds is 6. The second kappa shape index (κ2) is 9.43. The van der Waals surface area contributed by atoms with Crippen LogP contribution in [0.3, 0.4) is 0 Å². The summed E-state index contributed by atoms with van der Waals surface area (Å²) < 4.78 is 23.6. The summed E-state index contributed by atoms with van der Waals surface area (Å²) in [6.45, 7) is 2.39. The molecule has 0 spiro atoms. The fourth-order valence-electron chi connectivity index (χ4n) is 5.04. The summed E-state index contributed by atoms with van der Waals surface area (Å²) in [4.78, 5) is 30.5. The minimum Gasteiger partial charge on any atom is -0.368 e. The quantitative estimate of drug-likeness (QED) is 0.585. The third-order valence-electron chi connectivity index (χ3n) is 7.28. The minimum absolute atomic E-state index is 0.000793. The summed E-state index contributed by atoms with van der Waals surface area (Å²) >= 11 is 6.21. The molecule has 0 radical (unpaired) electrons. The van der Waals surface area contributed by atoms with Crippen molar-refractivity contribution in [2.24, 2.45) is 11.8 Å². The smallest absolute Gasteiger partial charge is 0.226 e. The molecular formula is C23H33ClN4O4S. The lowest BCUT2D eigenvalue weighted by Gasteiger charge is -2.40. The van der Waals surface area contributed by atoms with E-state index in [1.165, 1.54) is 6.07 Å². The molecule has 3 aliphatic rings. The lowest BCUT2D eigenvalue weighted by atomic mass is 9.77. The first-order valence-electron chi connectivity index (χ1n) is 11.7. The van der Waals surface area contributed by atoms with E-state index in [1.54, 1.807) is 12.1 Å². The van der Waals surface area contributed by atoms with Gasteiger partial charge >= 0.3 is 0 Å². The van der Waals surface area contributed by atoms with Gasteiger partial charge in [-0.05, 0) is 50.9 Å². The van der Waals surface area contributed by atoms with E-state index in [0.29, 0.717) is 26.2 Å². The van der Waals surface area contributed by atoms with E-state index in [0.717, 1.165) is 50.5 Å². The Bertz CT molecular complexity index is 1020. The Kier molecular flexibility index (Phi) is 6.94. The van der Waals surface area contributed by atoms with Gasteiger partial charge in [0.1, 0.15) is 0 Å². The van der Waals surface area contributed by atoms with Gasteiger partial charge < -0.3 is 15.1 Å². The molecule has 182 valence electrons. The summed E-state index contributed by atoms with van der Waals surface area (Å²) in [6, 6.07) is 4.97. The van der Waals surface area contributed by atoms with Gasteiger partial charge in [0.15, 0.2) is 9.84 Å². The maximum Gasteiger partial charge on any atom is 0.226 e. The van der Waals surface area contributed by atoms with Crippen LogP contribution in [0.2, 0.25) is 5.02 Å². The first-order chi connectivity index (χ1) is 15.6. The molecule has 1 aromatic rings. The largest absolute Gasteiger partial charge is 0.368 e. The van der Waals surface area contributed by atoms with Gasteiger partial charge in [0.05, 0.1) is 15.6 Å². The van der Waals surface area contributed by atoms with Crippen LogP contribution in [-0.2, 0) is 19.4 Å². The molecule has 8 nitrogen and oxygen atoms in total. The van der Waals surface area contributed by atoms with Crippen LogP contribution in [0.1, 0.15) is 38.5 Å². The van der Waals surface area contributed by atoms with Gasteiger partial charge in [0.25, 0.3) is 0 Å². The highest BCUT2D eigenvalue weighted by molar-refractivity contribution is 7.90. The molecule has 3 fully saturated rings. The second-order valence-electron chi connectivity index (χ2n) is 9.52. The van der Waals surface area contributed by atoms with Gasteiger partial charge in [-0.25, -0.2) is 8.42 Å². The number of nitrogens with one attached hydrogen (secondary N) is 2. The molecule has 33 heavy (non-hydrogen) atoms. The zero-order valence-electron chi connectivity index (χ0n) is 19.3. The highest BCUT2D eigenvalue weighted by Crippen LogP contribution is 2.36. The molecule has 0 bridgehead atoms. The van der Waals surface area contributed by atoms with E-state index in [4.69, 9.17) is 11.6 Å². The molecule has 0 aromatic heterocycles. The number of anilines is 1. The number of carbonyl (C=O) groups is 2. The number of hydrogen-bond acceptors (Lipinski definition) is 6. The lowest BCUT2D eigenvalue weighted by molar-refractivity contribution is -0.144. The number of sulfone groups is 1. The van der Waals surface area contributed by atoms with Crippen LogP contribution in [0.25, 0.3) is 0 Å². The summed E-state index contributed by atoms with van der Waals surface area (Å²) in [6.07, 6.45) is 6.46. The van der Waals surface area contributed by atoms with Crippen molar-refractivity contribution in [1.82, 2.24) is 15.5 Å². The molecule has 1 saturated heterocycles. The Hall–Kier alpha value is -1.84. The fraction of sp³-hybridized carbons (Fsp3) is 0.652. The summed E-state index contributed by atoms with van der Waals surface area (Å²) in [7, 11) is -1.52. The number of hydrogen-bond donors (Lipinski definition) is 2. The number of nitrogens with zero attached hydrogens (tertiary/aromatic N) is 2. The zero-order chi connectivity index (χ0) is 23.8. The molecule has 2 atom stereocenters.